The van der Waals surface area contributed by atoms with Crippen molar-refractivity contribution in [1.82, 2.24) is 4.90 Å². The molecule has 0 N–H and O–H groups in total. The van der Waals surface area contributed by atoms with Gasteiger partial charge in [0.2, 0.25) is 0 Å². The summed E-state index contributed by atoms with van der Waals surface area (Å²) >= 11 is 0. The molecule has 0 aromatic rings. The van der Waals surface area contributed by atoms with Gasteiger partial charge in [0.1, 0.15) is 0 Å². The smallest absolute Gasteiger partial charge is 0.274 e. The lowest BCUT2D eigenvalue weighted by atomic mass is 10.2. The van der Waals surface area contributed by atoms with E-state index in [0.29, 0.717) is 13.1 Å². The fourth-order valence-electron chi connectivity index (χ4n) is 1.70. The number of halogens is 4. The SMILES string of the molecule is FC(CC(F)(F)F)N1CCCCCC1. The van der Waals surface area contributed by atoms with Gasteiger partial charge >= 0.3 is 6.18 Å². The Morgan fingerprint density at radius 2 is 1.50 bits per heavy atom. The fraction of sp³-hybridized carbons (Fsp3) is 1.00. The molecule has 1 saturated heterocycles. The molecule has 5 heteroatoms. The molecule has 1 unspecified atom stereocenters. The van der Waals surface area contributed by atoms with E-state index in [0.717, 1.165) is 25.7 Å². The minimum absolute atomic E-state index is 0.456. The Morgan fingerprint density at radius 1 is 1.00 bits per heavy atom. The number of likely N-dealkylation sites (tertiary alicyclic amines) is 1. The van der Waals surface area contributed by atoms with Gasteiger partial charge in [0.05, 0.1) is 6.42 Å². The molecule has 0 saturated carbocycles. The van der Waals surface area contributed by atoms with E-state index in [-0.39, 0.29) is 0 Å². The van der Waals surface area contributed by atoms with Crippen LogP contribution >= 0.6 is 0 Å². The second kappa shape index (κ2) is 4.96. The maximum absolute atomic E-state index is 13.2. The number of hydrogen-bond acceptors (Lipinski definition) is 1. The van der Waals surface area contributed by atoms with Crippen molar-refractivity contribution in [2.45, 2.75) is 44.6 Å². The summed E-state index contributed by atoms with van der Waals surface area (Å²) in [5, 5.41) is 0. The van der Waals surface area contributed by atoms with Crippen LogP contribution in [0.1, 0.15) is 32.1 Å². The van der Waals surface area contributed by atoms with Gasteiger partial charge in [-0.2, -0.15) is 13.2 Å². The Labute approximate surface area is 81.1 Å². The third-order valence-corrected chi connectivity index (χ3v) is 2.44. The van der Waals surface area contributed by atoms with E-state index in [4.69, 9.17) is 0 Å². The largest absolute Gasteiger partial charge is 0.393 e. The van der Waals surface area contributed by atoms with Crippen molar-refractivity contribution in [3.8, 4) is 0 Å². The fourth-order valence-corrected chi connectivity index (χ4v) is 1.70. The highest BCUT2D eigenvalue weighted by Crippen LogP contribution is 2.26. The monoisotopic (exact) mass is 213 g/mol. The Hall–Kier alpha value is -0.320. The molecule has 84 valence electrons. The number of nitrogens with zero attached hydrogens (tertiary/aromatic N) is 1. The molecule has 1 heterocycles. The van der Waals surface area contributed by atoms with Crippen LogP contribution in [0.3, 0.4) is 0 Å². The zero-order chi connectivity index (χ0) is 10.6. The highest BCUT2D eigenvalue weighted by Gasteiger charge is 2.34. The average Bonchev–Trinajstić information content (AvgIpc) is 2.27. The van der Waals surface area contributed by atoms with Crippen molar-refractivity contribution in [2.24, 2.45) is 0 Å². The van der Waals surface area contributed by atoms with Crippen molar-refractivity contribution < 1.29 is 17.6 Å². The quantitative estimate of drug-likeness (QED) is 0.503. The van der Waals surface area contributed by atoms with E-state index in [1.54, 1.807) is 0 Å². The van der Waals surface area contributed by atoms with Gasteiger partial charge in [-0.15, -0.1) is 0 Å². The molecule has 1 aliphatic rings. The van der Waals surface area contributed by atoms with E-state index in [1.165, 1.54) is 4.90 Å². The van der Waals surface area contributed by atoms with Crippen molar-refractivity contribution in [2.75, 3.05) is 13.1 Å². The molecule has 0 radical (unpaired) electrons. The van der Waals surface area contributed by atoms with Crippen LogP contribution in [0.5, 0.6) is 0 Å². The highest BCUT2D eigenvalue weighted by atomic mass is 19.4. The van der Waals surface area contributed by atoms with Crippen molar-refractivity contribution in [3.05, 3.63) is 0 Å². The molecule has 0 aromatic carbocycles. The minimum atomic E-state index is -4.40. The van der Waals surface area contributed by atoms with Gasteiger partial charge in [0.15, 0.2) is 6.30 Å². The predicted octanol–water partition coefficient (Wildman–Crippen LogP) is 3.11. The van der Waals surface area contributed by atoms with E-state index < -0.39 is 18.9 Å². The summed E-state index contributed by atoms with van der Waals surface area (Å²) in [6.45, 7) is 0.911. The number of hydrogen-bond donors (Lipinski definition) is 0. The number of rotatable bonds is 2. The topological polar surface area (TPSA) is 3.24 Å². The van der Waals surface area contributed by atoms with Gasteiger partial charge in [0.25, 0.3) is 0 Å². The van der Waals surface area contributed by atoms with Crippen molar-refractivity contribution in [3.63, 3.8) is 0 Å². The standard InChI is InChI=1S/C9H15F4N/c10-8(7-9(11,12)13)14-5-3-1-2-4-6-14/h8H,1-7H2. The van der Waals surface area contributed by atoms with Crippen LogP contribution in [-0.4, -0.2) is 30.5 Å². The molecule has 0 aromatic heterocycles. The summed E-state index contributed by atoms with van der Waals surface area (Å²) in [7, 11) is 0. The minimum Gasteiger partial charge on any atom is -0.274 e. The lowest BCUT2D eigenvalue weighted by molar-refractivity contribution is -0.160. The van der Waals surface area contributed by atoms with Gasteiger partial charge in [-0.1, -0.05) is 12.8 Å². The zero-order valence-electron chi connectivity index (χ0n) is 7.99. The molecule has 0 bridgehead atoms. The Balaban J connectivity index is 2.37. The van der Waals surface area contributed by atoms with Crippen LogP contribution in [-0.2, 0) is 0 Å². The van der Waals surface area contributed by atoms with E-state index >= 15 is 0 Å². The van der Waals surface area contributed by atoms with E-state index in [9.17, 15) is 17.6 Å². The summed E-state index contributed by atoms with van der Waals surface area (Å²) in [5.74, 6) is 0. The van der Waals surface area contributed by atoms with Gasteiger partial charge in [-0.25, -0.2) is 4.39 Å². The lowest BCUT2D eigenvalue weighted by Crippen LogP contribution is -2.36. The van der Waals surface area contributed by atoms with Gasteiger partial charge in [0, 0.05) is 13.1 Å². The number of alkyl halides is 4. The van der Waals surface area contributed by atoms with Crippen LogP contribution in [0.4, 0.5) is 17.6 Å². The zero-order valence-corrected chi connectivity index (χ0v) is 7.99. The van der Waals surface area contributed by atoms with Gasteiger partial charge < -0.3 is 0 Å². The first-order valence-corrected chi connectivity index (χ1v) is 4.94. The van der Waals surface area contributed by atoms with Crippen molar-refractivity contribution in [1.29, 1.82) is 0 Å². The van der Waals surface area contributed by atoms with E-state index in [2.05, 4.69) is 0 Å². The molecule has 14 heavy (non-hydrogen) atoms. The molecule has 1 nitrogen and oxygen atoms in total. The first kappa shape index (κ1) is 11.8. The summed E-state index contributed by atoms with van der Waals surface area (Å²) in [6.07, 6.45) is -3.99. The second-order valence-electron chi connectivity index (χ2n) is 3.70. The van der Waals surface area contributed by atoms with Gasteiger partial charge in [-0.3, -0.25) is 4.90 Å². The molecule has 1 fully saturated rings. The van der Waals surface area contributed by atoms with Gasteiger partial charge in [-0.05, 0) is 12.8 Å². The third-order valence-electron chi connectivity index (χ3n) is 2.44. The van der Waals surface area contributed by atoms with Crippen LogP contribution in [0.2, 0.25) is 0 Å². The Morgan fingerprint density at radius 3 is 1.93 bits per heavy atom. The maximum Gasteiger partial charge on any atom is 0.393 e. The Bertz CT molecular complexity index is 161. The summed E-state index contributed by atoms with van der Waals surface area (Å²) in [4.78, 5) is 1.31. The molecule has 1 rings (SSSR count). The van der Waals surface area contributed by atoms with Crippen LogP contribution in [0.25, 0.3) is 0 Å². The first-order valence-electron chi connectivity index (χ1n) is 4.94. The van der Waals surface area contributed by atoms with Crippen LogP contribution < -0.4 is 0 Å². The Kier molecular flexibility index (Phi) is 4.16. The normalized spacial score (nSPS) is 23.1. The van der Waals surface area contributed by atoms with Crippen LogP contribution in [0, 0.1) is 0 Å². The molecule has 0 aliphatic carbocycles. The average molecular weight is 213 g/mol. The lowest BCUT2D eigenvalue weighted by Gasteiger charge is -2.24. The summed E-state index contributed by atoms with van der Waals surface area (Å²) in [5.41, 5.74) is 0. The second-order valence-corrected chi connectivity index (χ2v) is 3.70. The molecule has 1 atom stereocenters. The summed E-state index contributed by atoms with van der Waals surface area (Å²) in [6, 6.07) is 0. The van der Waals surface area contributed by atoms with E-state index in [1.807, 2.05) is 0 Å². The maximum atomic E-state index is 13.2. The molecule has 1 aliphatic heterocycles. The summed E-state index contributed by atoms with van der Waals surface area (Å²) < 4.78 is 48.9. The van der Waals surface area contributed by atoms with Crippen LogP contribution in [0.15, 0.2) is 0 Å². The molecule has 0 amide bonds. The molecular formula is C9H15F4N. The van der Waals surface area contributed by atoms with Crippen molar-refractivity contribution >= 4 is 0 Å². The predicted molar refractivity (Wildman–Crippen MR) is 45.6 cm³/mol. The molecule has 0 spiro atoms. The third kappa shape index (κ3) is 4.26. The highest BCUT2D eigenvalue weighted by molar-refractivity contribution is 4.69. The molecular weight excluding hydrogens is 198 g/mol. The first-order chi connectivity index (χ1) is 6.49.